The third kappa shape index (κ3) is 4.66. The number of fused-ring (bicyclic) bond motifs is 1. The third-order valence-electron chi connectivity index (χ3n) is 3.88. The summed E-state index contributed by atoms with van der Waals surface area (Å²) >= 11 is 1.65. The molecule has 1 radical (unpaired) electrons. The van der Waals surface area contributed by atoms with E-state index in [1.807, 2.05) is 48.0 Å². The van der Waals surface area contributed by atoms with Crippen LogP contribution < -0.4 is 0 Å². The molecule has 6 heteroatoms. The van der Waals surface area contributed by atoms with E-state index >= 15 is 0 Å². The predicted octanol–water partition coefficient (Wildman–Crippen LogP) is 4.98. The maximum Gasteiger partial charge on any atom is 0.0615 e. The Morgan fingerprint density at radius 3 is 2.59 bits per heavy atom. The van der Waals surface area contributed by atoms with Gasteiger partial charge in [0.25, 0.3) is 0 Å². The number of aromatic nitrogens is 2. The van der Waals surface area contributed by atoms with Gasteiger partial charge in [-0.25, -0.2) is 0 Å². The van der Waals surface area contributed by atoms with E-state index in [0.29, 0.717) is 0 Å². The van der Waals surface area contributed by atoms with E-state index in [4.69, 9.17) is 0 Å². The van der Waals surface area contributed by atoms with Gasteiger partial charge in [0, 0.05) is 42.9 Å². The van der Waals surface area contributed by atoms with Gasteiger partial charge >= 0.3 is 0 Å². The number of pyridine rings is 1. The van der Waals surface area contributed by atoms with E-state index in [0.717, 1.165) is 35.2 Å². The smallest absolute Gasteiger partial charge is 0.0615 e. The van der Waals surface area contributed by atoms with Gasteiger partial charge in [-0.3, -0.25) is 9.97 Å². The second-order valence-electron chi connectivity index (χ2n) is 5.58. The minimum atomic E-state index is 0. The van der Waals surface area contributed by atoms with Crippen molar-refractivity contribution in [2.75, 3.05) is 13.1 Å². The molecule has 0 saturated heterocycles. The molecule has 5 rings (SSSR count). The van der Waals surface area contributed by atoms with Crippen LogP contribution in [0.15, 0.2) is 77.4 Å². The van der Waals surface area contributed by atoms with E-state index in [-0.39, 0.29) is 20.1 Å². The van der Waals surface area contributed by atoms with Crippen LogP contribution in [0, 0.1) is 6.07 Å². The van der Waals surface area contributed by atoms with E-state index in [2.05, 4.69) is 44.5 Å². The van der Waals surface area contributed by atoms with Crippen molar-refractivity contribution >= 4 is 27.9 Å². The summed E-state index contributed by atoms with van der Waals surface area (Å²) in [5, 5.41) is 9.67. The van der Waals surface area contributed by atoms with Crippen LogP contribution in [0.4, 0.5) is 0 Å². The molecule has 0 spiro atoms. The molecule has 0 saturated carbocycles. The second-order valence-corrected chi connectivity index (χ2v) is 6.47. The molecule has 2 aromatic heterocycles. The number of amidine groups is 1. The monoisotopic (exact) mass is 549 g/mol. The molecular weight excluding hydrogens is 533 g/mol. The SMILES string of the molecule is [Ir].[c-]1ccc2ccccc2c1-c1nccs1.c1ccc(C2=NCC[N-]2)nc1. The topological polar surface area (TPSA) is 52.2 Å². The van der Waals surface area contributed by atoms with Crippen LogP contribution in [0.1, 0.15) is 5.69 Å². The average Bonchev–Trinajstić information content (AvgIpc) is 3.43. The number of hydrogen-bond acceptors (Lipinski definition) is 4. The molecule has 0 unspecified atom stereocenters. The molecule has 0 fully saturated rings. The van der Waals surface area contributed by atoms with Crippen LogP contribution in [0.3, 0.4) is 0 Å². The fourth-order valence-electron chi connectivity index (χ4n) is 2.71. The Morgan fingerprint density at radius 1 is 0.963 bits per heavy atom. The summed E-state index contributed by atoms with van der Waals surface area (Å²) < 4.78 is 0. The standard InChI is InChI=1S/C13H8NS.C8H8N3.Ir/c1-2-6-11-10(4-1)5-3-7-12(11)13-14-8-9-15-13;1-2-4-9-7(3-1)8-10-5-6-11-8;/h1-6,8-9H;1-4H,5-6H2;/q2*-1;. The summed E-state index contributed by atoms with van der Waals surface area (Å²) in [4.78, 5) is 12.7. The predicted molar refractivity (Wildman–Crippen MR) is 108 cm³/mol. The minimum Gasteiger partial charge on any atom is -0.464 e. The number of rotatable bonds is 2. The molecule has 4 nitrogen and oxygen atoms in total. The Kier molecular flexibility index (Phi) is 6.82. The first-order valence-electron chi connectivity index (χ1n) is 8.34. The molecule has 0 aliphatic carbocycles. The van der Waals surface area contributed by atoms with Crippen LogP contribution in [-0.2, 0) is 20.1 Å². The van der Waals surface area contributed by atoms with Crippen LogP contribution >= 0.6 is 11.3 Å². The molecule has 0 amide bonds. The summed E-state index contributed by atoms with van der Waals surface area (Å²) in [6.07, 6.45) is 3.58. The number of benzene rings is 2. The number of nitrogens with zero attached hydrogens (tertiary/aromatic N) is 4. The van der Waals surface area contributed by atoms with E-state index in [1.54, 1.807) is 17.5 Å². The van der Waals surface area contributed by atoms with E-state index < -0.39 is 0 Å². The average molecular weight is 549 g/mol. The Balaban J connectivity index is 0.000000157. The molecular formula is C21H16IrN4S-2. The van der Waals surface area contributed by atoms with Gasteiger partial charge in [0.15, 0.2) is 0 Å². The van der Waals surface area contributed by atoms with Gasteiger partial charge in [0.05, 0.1) is 5.69 Å². The van der Waals surface area contributed by atoms with Crippen molar-refractivity contribution in [1.82, 2.24) is 9.97 Å². The fourth-order valence-corrected chi connectivity index (χ4v) is 3.36. The molecule has 27 heavy (non-hydrogen) atoms. The molecule has 1 aliphatic rings. The van der Waals surface area contributed by atoms with Crippen molar-refractivity contribution in [3.8, 4) is 10.6 Å². The fraction of sp³-hybridized carbons (Fsp3) is 0.0952. The summed E-state index contributed by atoms with van der Waals surface area (Å²) in [6.45, 7) is 1.62. The van der Waals surface area contributed by atoms with Crippen LogP contribution in [0.5, 0.6) is 0 Å². The van der Waals surface area contributed by atoms with Gasteiger partial charge < -0.3 is 10.3 Å². The number of aliphatic imine (C=N–C) groups is 1. The van der Waals surface area contributed by atoms with Gasteiger partial charge in [-0.15, -0.1) is 29.1 Å². The van der Waals surface area contributed by atoms with E-state index in [9.17, 15) is 0 Å². The van der Waals surface area contributed by atoms with Gasteiger partial charge in [0.1, 0.15) is 0 Å². The van der Waals surface area contributed by atoms with Crippen molar-refractivity contribution in [2.24, 2.45) is 4.99 Å². The summed E-state index contributed by atoms with van der Waals surface area (Å²) in [7, 11) is 0. The maximum absolute atomic E-state index is 4.32. The van der Waals surface area contributed by atoms with Gasteiger partial charge in [-0.1, -0.05) is 48.8 Å². The Hall–Kier alpha value is -2.40. The first-order chi connectivity index (χ1) is 12.9. The molecule has 0 bridgehead atoms. The van der Waals surface area contributed by atoms with Crippen molar-refractivity contribution in [2.45, 2.75) is 0 Å². The van der Waals surface area contributed by atoms with Crippen molar-refractivity contribution in [3.63, 3.8) is 0 Å². The maximum atomic E-state index is 4.32. The summed E-state index contributed by atoms with van der Waals surface area (Å²) in [5.41, 5.74) is 1.98. The molecule has 1 aliphatic heterocycles. The number of hydrogen-bond donors (Lipinski definition) is 0. The van der Waals surface area contributed by atoms with Crippen LogP contribution in [0.25, 0.3) is 26.7 Å². The Bertz CT molecular complexity index is 1010. The molecule has 137 valence electrons. The molecule has 0 N–H and O–H groups in total. The zero-order valence-corrected chi connectivity index (χ0v) is 17.6. The summed E-state index contributed by atoms with van der Waals surface area (Å²) in [6, 6.07) is 21.4. The van der Waals surface area contributed by atoms with Crippen LogP contribution in [-0.4, -0.2) is 28.9 Å². The van der Waals surface area contributed by atoms with Gasteiger partial charge in [-0.2, -0.15) is 11.3 Å². The third-order valence-corrected chi connectivity index (χ3v) is 4.67. The van der Waals surface area contributed by atoms with Gasteiger partial charge in [0.2, 0.25) is 0 Å². The van der Waals surface area contributed by atoms with Crippen molar-refractivity contribution < 1.29 is 20.1 Å². The first-order valence-corrected chi connectivity index (χ1v) is 9.22. The summed E-state index contributed by atoms with van der Waals surface area (Å²) in [5.74, 6) is 0.797. The molecule has 0 atom stereocenters. The Morgan fingerprint density at radius 2 is 1.85 bits per heavy atom. The van der Waals surface area contributed by atoms with Crippen molar-refractivity contribution in [1.29, 1.82) is 0 Å². The van der Waals surface area contributed by atoms with Crippen LogP contribution in [0.2, 0.25) is 0 Å². The van der Waals surface area contributed by atoms with Gasteiger partial charge in [-0.05, 0) is 18.0 Å². The molecule has 2 aromatic carbocycles. The normalized spacial score (nSPS) is 12.4. The first kappa shape index (κ1) is 19.4. The Labute approximate surface area is 175 Å². The van der Waals surface area contributed by atoms with E-state index in [1.165, 1.54) is 10.8 Å². The quantitative estimate of drug-likeness (QED) is 0.332. The number of thiazole rings is 1. The second kappa shape index (κ2) is 9.51. The zero-order valence-electron chi connectivity index (χ0n) is 14.4. The molecule has 3 heterocycles. The van der Waals surface area contributed by atoms with Crippen molar-refractivity contribution in [3.05, 3.63) is 89.4 Å². The zero-order chi connectivity index (χ0) is 17.6. The largest absolute Gasteiger partial charge is 0.464 e. The minimum absolute atomic E-state index is 0. The molecule has 4 aromatic rings.